The number of carbonyl (C=O) groups excluding carboxylic acids is 3. The average Bonchev–Trinajstić information content (AvgIpc) is 2.71. The molecule has 0 aliphatic rings. The molecular weight excluding hydrogens is 360 g/mol. The van der Waals surface area contributed by atoms with E-state index in [4.69, 9.17) is 9.47 Å². The number of hydrogen-bond acceptors (Lipinski definition) is 5. The van der Waals surface area contributed by atoms with E-state index in [1.165, 1.54) is 7.11 Å². The van der Waals surface area contributed by atoms with Gasteiger partial charge in [0.05, 0.1) is 7.11 Å². The minimum absolute atomic E-state index is 0.0960. The van der Waals surface area contributed by atoms with Crippen LogP contribution in [0.3, 0.4) is 0 Å². The molecule has 0 unspecified atom stereocenters. The van der Waals surface area contributed by atoms with E-state index in [-0.39, 0.29) is 18.5 Å². The van der Waals surface area contributed by atoms with Crippen molar-refractivity contribution in [2.24, 2.45) is 0 Å². The lowest BCUT2D eigenvalue weighted by atomic mass is 10.2. The first-order chi connectivity index (χ1) is 13.4. The van der Waals surface area contributed by atoms with Crippen molar-refractivity contribution in [3.05, 3.63) is 60.2 Å². The molecule has 148 valence electrons. The Labute approximate surface area is 164 Å². The second-order valence-corrected chi connectivity index (χ2v) is 6.27. The van der Waals surface area contributed by atoms with Crippen molar-refractivity contribution in [1.82, 2.24) is 5.32 Å². The third kappa shape index (κ3) is 5.84. The summed E-state index contributed by atoms with van der Waals surface area (Å²) in [7, 11) is 1.50. The van der Waals surface area contributed by atoms with Crippen LogP contribution in [-0.4, -0.2) is 44.1 Å². The Balaban J connectivity index is 1.85. The number of hydrogen-bond donors (Lipinski definition) is 1. The van der Waals surface area contributed by atoms with Gasteiger partial charge in [-0.2, -0.15) is 0 Å². The van der Waals surface area contributed by atoms with Gasteiger partial charge in [0, 0.05) is 17.3 Å². The van der Waals surface area contributed by atoms with Crippen LogP contribution >= 0.6 is 0 Å². The second kappa shape index (κ2) is 10.1. The number of esters is 1. The van der Waals surface area contributed by atoms with Crippen LogP contribution in [-0.2, 0) is 14.3 Å². The number of ether oxygens (including phenoxy) is 2. The Morgan fingerprint density at radius 2 is 1.75 bits per heavy atom. The number of carbonyl (C=O) groups is 3. The number of rotatable bonds is 8. The van der Waals surface area contributed by atoms with Crippen LogP contribution in [0.25, 0.3) is 0 Å². The number of methoxy groups -OCH3 is 1. The SMILES string of the molecule is COc1cccc(C(=O)NCC(=O)OCC(=O)N(c2ccccc2)C(C)C)c1. The van der Waals surface area contributed by atoms with Gasteiger partial charge in [-0.05, 0) is 44.2 Å². The molecule has 0 bridgehead atoms. The molecule has 28 heavy (non-hydrogen) atoms. The molecule has 0 atom stereocenters. The molecule has 0 heterocycles. The van der Waals surface area contributed by atoms with Crippen molar-refractivity contribution in [3.8, 4) is 5.75 Å². The van der Waals surface area contributed by atoms with Gasteiger partial charge in [-0.3, -0.25) is 14.4 Å². The summed E-state index contributed by atoms with van der Waals surface area (Å²) in [5.41, 5.74) is 1.09. The normalized spacial score (nSPS) is 10.3. The van der Waals surface area contributed by atoms with E-state index in [9.17, 15) is 14.4 Å². The molecule has 1 N–H and O–H groups in total. The van der Waals surface area contributed by atoms with Gasteiger partial charge in [0.15, 0.2) is 6.61 Å². The molecule has 2 rings (SSSR count). The van der Waals surface area contributed by atoms with Crippen LogP contribution in [0.4, 0.5) is 5.69 Å². The summed E-state index contributed by atoms with van der Waals surface area (Å²) < 4.78 is 10.1. The molecule has 0 aromatic heterocycles. The van der Waals surface area contributed by atoms with Crippen LogP contribution in [0.2, 0.25) is 0 Å². The highest BCUT2D eigenvalue weighted by Gasteiger charge is 2.20. The van der Waals surface area contributed by atoms with Crippen molar-refractivity contribution in [1.29, 1.82) is 0 Å². The van der Waals surface area contributed by atoms with E-state index >= 15 is 0 Å². The molecule has 2 aromatic carbocycles. The predicted molar refractivity (Wildman–Crippen MR) is 105 cm³/mol. The standard InChI is InChI=1S/C21H24N2O5/c1-15(2)23(17-9-5-4-6-10-17)19(24)14-28-20(25)13-22-21(26)16-8-7-11-18(12-16)27-3/h4-12,15H,13-14H2,1-3H3,(H,22,26). The highest BCUT2D eigenvalue weighted by atomic mass is 16.5. The van der Waals surface area contributed by atoms with Crippen LogP contribution in [0.15, 0.2) is 54.6 Å². The highest BCUT2D eigenvalue weighted by Crippen LogP contribution is 2.16. The number of anilines is 1. The van der Waals surface area contributed by atoms with Crippen LogP contribution in [0.5, 0.6) is 5.75 Å². The van der Waals surface area contributed by atoms with Crippen molar-refractivity contribution in [2.45, 2.75) is 19.9 Å². The summed E-state index contributed by atoms with van der Waals surface area (Å²) in [6.45, 7) is 3.01. The molecule has 7 nitrogen and oxygen atoms in total. The molecule has 0 saturated carbocycles. The summed E-state index contributed by atoms with van der Waals surface area (Å²) in [5.74, 6) is -0.930. The van der Waals surface area contributed by atoms with E-state index in [0.717, 1.165) is 5.69 Å². The maximum Gasteiger partial charge on any atom is 0.325 e. The Morgan fingerprint density at radius 3 is 2.39 bits per heavy atom. The number of para-hydroxylation sites is 1. The first-order valence-electron chi connectivity index (χ1n) is 8.87. The molecule has 0 fully saturated rings. The smallest absolute Gasteiger partial charge is 0.325 e. The van der Waals surface area contributed by atoms with E-state index in [0.29, 0.717) is 11.3 Å². The molecule has 0 aliphatic heterocycles. The Bertz CT molecular complexity index is 821. The summed E-state index contributed by atoms with van der Waals surface area (Å²) in [5, 5.41) is 2.46. The van der Waals surface area contributed by atoms with Gasteiger partial charge in [0.25, 0.3) is 11.8 Å². The first-order valence-corrected chi connectivity index (χ1v) is 8.87. The monoisotopic (exact) mass is 384 g/mol. The molecule has 0 radical (unpaired) electrons. The highest BCUT2D eigenvalue weighted by molar-refractivity contribution is 5.97. The van der Waals surface area contributed by atoms with Gasteiger partial charge in [-0.1, -0.05) is 24.3 Å². The van der Waals surface area contributed by atoms with E-state index in [1.54, 1.807) is 29.2 Å². The predicted octanol–water partition coefficient (Wildman–Crippen LogP) is 2.41. The van der Waals surface area contributed by atoms with E-state index in [2.05, 4.69) is 5.32 Å². The summed E-state index contributed by atoms with van der Waals surface area (Å²) in [6, 6.07) is 15.6. The lowest BCUT2D eigenvalue weighted by Gasteiger charge is -2.26. The minimum Gasteiger partial charge on any atom is -0.497 e. The summed E-state index contributed by atoms with van der Waals surface area (Å²) >= 11 is 0. The Morgan fingerprint density at radius 1 is 1.04 bits per heavy atom. The topological polar surface area (TPSA) is 84.9 Å². The van der Waals surface area contributed by atoms with Crippen molar-refractivity contribution >= 4 is 23.5 Å². The van der Waals surface area contributed by atoms with Crippen LogP contribution in [0, 0.1) is 0 Å². The van der Waals surface area contributed by atoms with Crippen LogP contribution < -0.4 is 15.0 Å². The van der Waals surface area contributed by atoms with Crippen molar-refractivity contribution in [2.75, 3.05) is 25.2 Å². The maximum atomic E-state index is 12.5. The van der Waals surface area contributed by atoms with E-state index in [1.807, 2.05) is 44.2 Å². The number of benzene rings is 2. The van der Waals surface area contributed by atoms with Gasteiger partial charge >= 0.3 is 5.97 Å². The number of nitrogens with zero attached hydrogens (tertiary/aromatic N) is 1. The second-order valence-electron chi connectivity index (χ2n) is 6.27. The fourth-order valence-corrected chi connectivity index (χ4v) is 2.60. The number of nitrogens with one attached hydrogen (secondary N) is 1. The van der Waals surface area contributed by atoms with Gasteiger partial charge < -0.3 is 19.7 Å². The Hall–Kier alpha value is -3.35. The molecule has 7 heteroatoms. The number of amides is 2. The molecule has 0 saturated heterocycles. The molecule has 0 aliphatic carbocycles. The maximum absolute atomic E-state index is 12.5. The van der Waals surface area contributed by atoms with Crippen molar-refractivity contribution in [3.63, 3.8) is 0 Å². The van der Waals surface area contributed by atoms with E-state index < -0.39 is 18.5 Å². The lowest BCUT2D eigenvalue weighted by Crippen LogP contribution is -2.40. The summed E-state index contributed by atoms with van der Waals surface area (Å²) in [4.78, 5) is 38.0. The molecule has 0 spiro atoms. The third-order valence-corrected chi connectivity index (χ3v) is 3.90. The lowest BCUT2D eigenvalue weighted by molar-refractivity contribution is -0.146. The van der Waals surface area contributed by atoms with Crippen LogP contribution in [0.1, 0.15) is 24.2 Å². The van der Waals surface area contributed by atoms with Gasteiger partial charge in [0.2, 0.25) is 0 Å². The zero-order valence-corrected chi connectivity index (χ0v) is 16.2. The van der Waals surface area contributed by atoms with Gasteiger partial charge in [-0.25, -0.2) is 0 Å². The fourth-order valence-electron chi connectivity index (χ4n) is 2.60. The average molecular weight is 384 g/mol. The van der Waals surface area contributed by atoms with Gasteiger partial charge in [-0.15, -0.1) is 0 Å². The largest absolute Gasteiger partial charge is 0.497 e. The molecule has 2 amide bonds. The quantitative estimate of drug-likeness (QED) is 0.707. The van der Waals surface area contributed by atoms with Gasteiger partial charge in [0.1, 0.15) is 12.3 Å². The van der Waals surface area contributed by atoms with Crippen molar-refractivity contribution < 1.29 is 23.9 Å². The zero-order chi connectivity index (χ0) is 20.5. The first kappa shape index (κ1) is 21.0. The minimum atomic E-state index is -0.693. The molecular formula is C21H24N2O5. The summed E-state index contributed by atoms with van der Waals surface area (Å²) in [6.07, 6.45) is 0. The zero-order valence-electron chi connectivity index (χ0n) is 16.2. The molecule has 2 aromatic rings. The Kier molecular flexibility index (Phi) is 7.56. The third-order valence-electron chi connectivity index (χ3n) is 3.90. The fraction of sp³-hybridized carbons (Fsp3) is 0.286.